The highest BCUT2D eigenvalue weighted by atomic mass is 35.5. The van der Waals surface area contributed by atoms with E-state index in [1.165, 1.54) is 11.8 Å². The van der Waals surface area contributed by atoms with E-state index >= 15 is 0 Å². The van der Waals surface area contributed by atoms with Crippen LogP contribution in [-0.4, -0.2) is 22.8 Å². The summed E-state index contributed by atoms with van der Waals surface area (Å²) < 4.78 is 0. The Kier molecular flexibility index (Phi) is 7.44. The molecule has 25 heavy (non-hydrogen) atoms. The van der Waals surface area contributed by atoms with Gasteiger partial charge in [-0.15, -0.1) is 11.8 Å². The van der Waals surface area contributed by atoms with Crippen molar-refractivity contribution in [2.75, 3.05) is 16.4 Å². The van der Waals surface area contributed by atoms with Gasteiger partial charge in [0.05, 0.1) is 11.0 Å². The number of nitrogens with one attached hydrogen (secondary N) is 2. The summed E-state index contributed by atoms with van der Waals surface area (Å²) in [6.45, 7) is 1.72. The zero-order valence-electron chi connectivity index (χ0n) is 13.2. The van der Waals surface area contributed by atoms with Crippen molar-refractivity contribution in [3.63, 3.8) is 0 Å². The number of hydrogen-bond acceptors (Lipinski definition) is 3. The molecular weight excluding hydrogens is 403 g/mol. The predicted molar refractivity (Wildman–Crippen MR) is 107 cm³/mol. The fourth-order valence-corrected chi connectivity index (χ4v) is 3.21. The maximum absolute atomic E-state index is 12.2. The molecule has 1 unspecified atom stereocenters. The SMILES string of the molecule is CC(SCC(=O)Nc1ccc(Cl)cc1)C(=O)Nc1cc(Cl)cc(Cl)c1. The van der Waals surface area contributed by atoms with E-state index in [0.29, 0.717) is 26.4 Å². The molecule has 132 valence electrons. The average molecular weight is 418 g/mol. The Morgan fingerprint density at radius 1 is 0.920 bits per heavy atom. The molecule has 0 saturated heterocycles. The van der Waals surface area contributed by atoms with E-state index in [2.05, 4.69) is 10.6 Å². The third-order valence-electron chi connectivity index (χ3n) is 3.09. The van der Waals surface area contributed by atoms with Crippen molar-refractivity contribution >= 4 is 69.8 Å². The largest absolute Gasteiger partial charge is 0.325 e. The highest BCUT2D eigenvalue weighted by Gasteiger charge is 2.16. The van der Waals surface area contributed by atoms with E-state index in [-0.39, 0.29) is 17.6 Å². The summed E-state index contributed by atoms with van der Waals surface area (Å²) in [4.78, 5) is 24.1. The predicted octanol–water partition coefficient (Wildman–Crippen LogP) is 5.35. The number of hydrogen-bond donors (Lipinski definition) is 2. The van der Waals surface area contributed by atoms with Gasteiger partial charge in [-0.2, -0.15) is 0 Å². The quantitative estimate of drug-likeness (QED) is 0.666. The van der Waals surface area contributed by atoms with Gasteiger partial charge in [0.2, 0.25) is 11.8 Å². The second kappa shape index (κ2) is 9.34. The Labute approximate surface area is 165 Å². The van der Waals surface area contributed by atoms with Crippen LogP contribution >= 0.6 is 46.6 Å². The zero-order chi connectivity index (χ0) is 18.4. The standard InChI is InChI=1S/C17H15Cl3N2O2S/c1-10(17(24)22-15-7-12(19)6-13(20)8-15)25-9-16(23)21-14-4-2-11(18)3-5-14/h2-8,10H,9H2,1H3,(H,21,23)(H,22,24). The summed E-state index contributed by atoms with van der Waals surface area (Å²) in [5.74, 6) is -0.284. The molecule has 0 radical (unpaired) electrons. The van der Waals surface area contributed by atoms with Crippen LogP contribution in [0.25, 0.3) is 0 Å². The second-order valence-corrected chi connectivity index (χ2v) is 7.79. The van der Waals surface area contributed by atoms with Crippen LogP contribution in [0.2, 0.25) is 15.1 Å². The minimum Gasteiger partial charge on any atom is -0.325 e. The molecule has 0 saturated carbocycles. The van der Waals surface area contributed by atoms with Crippen molar-refractivity contribution in [1.82, 2.24) is 0 Å². The number of benzene rings is 2. The van der Waals surface area contributed by atoms with E-state index in [0.717, 1.165) is 0 Å². The average Bonchev–Trinajstić information content (AvgIpc) is 2.53. The van der Waals surface area contributed by atoms with Gasteiger partial charge in [0.1, 0.15) is 0 Å². The minimum atomic E-state index is -0.422. The molecule has 0 aliphatic rings. The van der Waals surface area contributed by atoms with Gasteiger partial charge >= 0.3 is 0 Å². The first-order valence-electron chi connectivity index (χ1n) is 7.27. The van der Waals surface area contributed by atoms with Gasteiger partial charge in [-0.25, -0.2) is 0 Å². The van der Waals surface area contributed by atoms with Gasteiger partial charge in [-0.1, -0.05) is 34.8 Å². The Bertz CT molecular complexity index is 749. The summed E-state index contributed by atoms with van der Waals surface area (Å²) in [5, 5.41) is 6.52. The van der Waals surface area contributed by atoms with Crippen molar-refractivity contribution in [2.24, 2.45) is 0 Å². The lowest BCUT2D eigenvalue weighted by molar-refractivity contribution is -0.115. The summed E-state index contributed by atoms with van der Waals surface area (Å²) >= 11 is 18.8. The number of halogens is 3. The molecule has 0 bridgehead atoms. The van der Waals surface area contributed by atoms with Crippen LogP contribution in [-0.2, 0) is 9.59 Å². The van der Waals surface area contributed by atoms with Crippen LogP contribution in [0.4, 0.5) is 11.4 Å². The van der Waals surface area contributed by atoms with Crippen molar-refractivity contribution in [1.29, 1.82) is 0 Å². The first-order chi connectivity index (χ1) is 11.8. The Hall–Kier alpha value is -1.40. The lowest BCUT2D eigenvalue weighted by Crippen LogP contribution is -2.25. The van der Waals surface area contributed by atoms with E-state index < -0.39 is 5.25 Å². The van der Waals surface area contributed by atoms with Gasteiger partial charge in [-0.3, -0.25) is 9.59 Å². The molecule has 2 aromatic carbocycles. The normalized spacial score (nSPS) is 11.7. The zero-order valence-corrected chi connectivity index (χ0v) is 16.3. The molecule has 0 aliphatic heterocycles. The Balaban J connectivity index is 1.82. The number of carbonyl (C=O) groups is 2. The molecule has 0 aromatic heterocycles. The fourth-order valence-electron chi connectivity index (χ4n) is 1.88. The van der Waals surface area contributed by atoms with E-state index in [9.17, 15) is 9.59 Å². The first-order valence-corrected chi connectivity index (χ1v) is 9.46. The molecule has 2 N–H and O–H groups in total. The molecule has 1 atom stereocenters. The van der Waals surface area contributed by atoms with Gasteiger partial charge in [0.15, 0.2) is 0 Å². The van der Waals surface area contributed by atoms with Crippen LogP contribution < -0.4 is 10.6 Å². The molecule has 4 nitrogen and oxygen atoms in total. The summed E-state index contributed by atoms with van der Waals surface area (Å²) in [5.41, 5.74) is 1.17. The highest BCUT2D eigenvalue weighted by molar-refractivity contribution is 8.01. The fraction of sp³-hybridized carbons (Fsp3) is 0.176. The van der Waals surface area contributed by atoms with Crippen molar-refractivity contribution in [3.8, 4) is 0 Å². The summed E-state index contributed by atoms with van der Waals surface area (Å²) in [6.07, 6.45) is 0. The molecule has 0 spiro atoms. The van der Waals surface area contributed by atoms with Crippen LogP contribution in [0.3, 0.4) is 0 Å². The molecule has 2 rings (SSSR count). The topological polar surface area (TPSA) is 58.2 Å². The van der Waals surface area contributed by atoms with Gasteiger partial charge in [0, 0.05) is 26.4 Å². The molecule has 8 heteroatoms. The third-order valence-corrected chi connectivity index (χ3v) is 4.92. The van der Waals surface area contributed by atoms with Gasteiger partial charge < -0.3 is 10.6 Å². The number of anilines is 2. The van der Waals surface area contributed by atoms with Gasteiger partial charge in [-0.05, 0) is 49.4 Å². The van der Waals surface area contributed by atoms with Crippen molar-refractivity contribution in [2.45, 2.75) is 12.2 Å². The second-order valence-electron chi connectivity index (χ2n) is 5.16. The monoisotopic (exact) mass is 416 g/mol. The lowest BCUT2D eigenvalue weighted by atomic mass is 10.3. The maximum Gasteiger partial charge on any atom is 0.237 e. The summed E-state index contributed by atoms with van der Waals surface area (Å²) in [6, 6.07) is 11.6. The highest BCUT2D eigenvalue weighted by Crippen LogP contribution is 2.23. The number of amides is 2. The van der Waals surface area contributed by atoms with Crippen molar-refractivity contribution < 1.29 is 9.59 Å². The smallest absolute Gasteiger partial charge is 0.237 e. The minimum absolute atomic E-state index is 0.146. The van der Waals surface area contributed by atoms with E-state index in [1.54, 1.807) is 49.4 Å². The molecule has 0 heterocycles. The molecule has 0 fully saturated rings. The van der Waals surface area contributed by atoms with Crippen LogP contribution in [0.5, 0.6) is 0 Å². The van der Waals surface area contributed by atoms with Crippen molar-refractivity contribution in [3.05, 3.63) is 57.5 Å². The maximum atomic E-state index is 12.2. The van der Waals surface area contributed by atoms with Gasteiger partial charge in [0.25, 0.3) is 0 Å². The first kappa shape index (κ1) is 19.9. The Morgan fingerprint density at radius 3 is 2.12 bits per heavy atom. The molecular formula is C17H15Cl3N2O2S. The van der Waals surface area contributed by atoms with Crippen LogP contribution in [0.1, 0.15) is 6.92 Å². The molecule has 0 aliphatic carbocycles. The van der Waals surface area contributed by atoms with Crippen LogP contribution in [0, 0.1) is 0 Å². The summed E-state index contributed by atoms with van der Waals surface area (Å²) in [7, 11) is 0. The molecule has 2 aromatic rings. The molecule has 2 amide bonds. The number of rotatable bonds is 6. The lowest BCUT2D eigenvalue weighted by Gasteiger charge is -2.12. The van der Waals surface area contributed by atoms with Crippen LogP contribution in [0.15, 0.2) is 42.5 Å². The van der Waals surface area contributed by atoms with E-state index in [1.807, 2.05) is 0 Å². The third kappa shape index (κ3) is 6.78. The number of carbonyl (C=O) groups excluding carboxylic acids is 2. The number of thioether (sulfide) groups is 1. The Morgan fingerprint density at radius 2 is 1.52 bits per heavy atom. The van der Waals surface area contributed by atoms with E-state index in [4.69, 9.17) is 34.8 Å².